The number of H-pyrrole nitrogens is 1. The van der Waals surface area contributed by atoms with E-state index in [4.69, 9.17) is 18.2 Å². The van der Waals surface area contributed by atoms with Crippen molar-refractivity contribution in [3.63, 3.8) is 0 Å². The summed E-state index contributed by atoms with van der Waals surface area (Å²) in [5, 5.41) is 26.6. The van der Waals surface area contributed by atoms with E-state index in [1.807, 2.05) is 0 Å². The first kappa shape index (κ1) is 42.7. The van der Waals surface area contributed by atoms with Gasteiger partial charge in [0, 0.05) is 17.7 Å². The molecule has 8 aromatic rings. The van der Waals surface area contributed by atoms with Crippen molar-refractivity contribution in [1.82, 2.24) is 49.8 Å². The number of nitrogens with one attached hydrogen (secondary N) is 1. The van der Waals surface area contributed by atoms with Crippen LogP contribution in [0.4, 0.5) is 17.6 Å². The number of nitrogens with zero attached hydrogens (tertiary/aromatic N) is 9. The van der Waals surface area contributed by atoms with Gasteiger partial charge in [0.2, 0.25) is 20.0 Å². The van der Waals surface area contributed by atoms with Crippen molar-refractivity contribution in [3.05, 3.63) is 130 Å². The lowest BCUT2D eigenvalue weighted by Crippen LogP contribution is -2.44. The van der Waals surface area contributed by atoms with Gasteiger partial charge in [-0.1, -0.05) is 43.2 Å². The number of benzene rings is 2. The van der Waals surface area contributed by atoms with E-state index in [-0.39, 0.29) is 52.7 Å². The maximum absolute atomic E-state index is 15.1. The molecule has 0 radical (unpaired) electrons. The van der Waals surface area contributed by atoms with Gasteiger partial charge in [-0.25, -0.2) is 18.7 Å². The number of halogens is 4. The molecule has 0 amide bonds. The third-order valence-corrected chi connectivity index (χ3v) is 14.4. The summed E-state index contributed by atoms with van der Waals surface area (Å²) in [4.78, 5) is 25.7. The van der Waals surface area contributed by atoms with Gasteiger partial charge in [-0.2, -0.15) is 24.0 Å². The molecule has 0 aliphatic heterocycles. The fourth-order valence-electron chi connectivity index (χ4n) is 5.75. The largest absolute Gasteiger partial charge is 0.543 e. The van der Waals surface area contributed by atoms with Gasteiger partial charge in [0.1, 0.15) is 58.4 Å². The van der Waals surface area contributed by atoms with Crippen LogP contribution < -0.4 is 14.7 Å². The van der Waals surface area contributed by atoms with Gasteiger partial charge in [0.15, 0.2) is 11.6 Å². The minimum absolute atomic E-state index is 0.0254. The number of aromatic hydroxyl groups is 1. The number of aromatic amines is 1. The van der Waals surface area contributed by atoms with Crippen LogP contribution in [0.5, 0.6) is 17.4 Å². The Labute approximate surface area is 350 Å². The SMILES string of the molecule is COc1nc(-c2cc(-c3ccon3)n(Cc3c(F)cccc3O[Si](C)(C)C(C)(C)C)n2)ncc1F.O=c1[nH]c(-c2cc(-c3ccon3)n(Cc3c(O)cccc3F)n2)ncc1F. The zero-order chi connectivity index (χ0) is 44.3. The van der Waals surface area contributed by atoms with Gasteiger partial charge < -0.3 is 28.3 Å². The fourth-order valence-corrected chi connectivity index (χ4v) is 6.80. The molecule has 0 fully saturated rings. The fraction of sp³-hybridized carbons (Fsp3) is 0.220. The Morgan fingerprint density at radius 1 is 0.758 bits per heavy atom. The molecule has 0 bridgehead atoms. The molecule has 320 valence electrons. The molecular weight excluding hydrogens is 833 g/mol. The van der Waals surface area contributed by atoms with Gasteiger partial charge in [0.25, 0.3) is 11.4 Å². The van der Waals surface area contributed by atoms with Gasteiger partial charge >= 0.3 is 0 Å². The highest BCUT2D eigenvalue weighted by Gasteiger charge is 2.39. The first-order chi connectivity index (χ1) is 29.5. The second kappa shape index (κ2) is 17.3. The Morgan fingerprint density at radius 2 is 1.34 bits per heavy atom. The molecule has 62 heavy (non-hydrogen) atoms. The number of rotatable bonds is 11. The normalized spacial score (nSPS) is 11.6. The zero-order valence-corrected chi connectivity index (χ0v) is 35.0. The monoisotopic (exact) mass is 870 g/mol. The molecule has 0 saturated heterocycles. The molecule has 16 nitrogen and oxygen atoms in total. The van der Waals surface area contributed by atoms with E-state index in [0.29, 0.717) is 39.8 Å². The predicted molar refractivity (Wildman–Crippen MR) is 217 cm³/mol. The predicted octanol–water partition coefficient (Wildman–Crippen LogP) is 8.03. The van der Waals surface area contributed by atoms with Crippen molar-refractivity contribution in [3.8, 4) is 63.2 Å². The average Bonchev–Trinajstić information content (AvgIpc) is 4.07. The molecule has 0 aliphatic carbocycles. The summed E-state index contributed by atoms with van der Waals surface area (Å²) >= 11 is 0. The van der Waals surface area contributed by atoms with Crippen LogP contribution in [0.25, 0.3) is 45.8 Å². The number of ether oxygens (including phenoxy) is 1. The first-order valence-corrected chi connectivity index (χ1v) is 21.7. The third kappa shape index (κ3) is 9.01. The Balaban J connectivity index is 0.000000192. The van der Waals surface area contributed by atoms with E-state index >= 15 is 4.39 Å². The Hall–Kier alpha value is -7.42. The van der Waals surface area contributed by atoms with E-state index in [1.165, 1.54) is 54.6 Å². The van der Waals surface area contributed by atoms with Crippen LogP contribution in [0.3, 0.4) is 0 Å². The number of phenols is 1. The quantitative estimate of drug-likeness (QED) is 0.0937. The van der Waals surface area contributed by atoms with Crippen LogP contribution in [0.15, 0.2) is 99.4 Å². The molecule has 0 spiro atoms. The van der Waals surface area contributed by atoms with E-state index < -0.39 is 37.1 Å². The number of hydrogen-bond acceptors (Lipinski definition) is 13. The van der Waals surface area contributed by atoms with Crippen molar-refractivity contribution in [2.75, 3.05) is 7.11 Å². The van der Waals surface area contributed by atoms with Gasteiger partial charge in [-0.05, 0) is 54.5 Å². The lowest BCUT2D eigenvalue weighted by molar-refractivity contribution is 0.367. The van der Waals surface area contributed by atoms with Crippen LogP contribution in [0.2, 0.25) is 18.1 Å². The average molecular weight is 871 g/mol. The molecule has 2 N–H and O–H groups in total. The zero-order valence-electron chi connectivity index (χ0n) is 34.0. The van der Waals surface area contributed by atoms with Crippen molar-refractivity contribution in [2.45, 2.75) is 52.0 Å². The van der Waals surface area contributed by atoms with Crippen molar-refractivity contribution >= 4 is 8.32 Å². The standard InChI is InChI=1S/C24H27F2N5O3Si.C17H11F2N5O3/c1-24(2,3)35(5,6)34-21-9-7-8-16(25)15(21)14-31-20(18-10-11-33-30-18)12-19(29-31)22-27-13-17(26)23(28-22)32-4;18-10-2-1-3-15(25)9(10)8-24-14(12-4-5-27-23-12)6-13(22-24)16-20-7-11(19)17(26)21-16/h7-13H,14H2,1-6H3;1-7,25H,8H2,(H,20,21,26). The van der Waals surface area contributed by atoms with Gasteiger partial charge in [-0.3, -0.25) is 14.2 Å². The second-order valence-electron chi connectivity index (χ2n) is 15.2. The van der Waals surface area contributed by atoms with E-state index in [1.54, 1.807) is 35.0 Å². The molecule has 0 unspecified atom stereocenters. The molecule has 0 saturated carbocycles. The number of aromatic nitrogens is 10. The third-order valence-electron chi connectivity index (χ3n) is 10.1. The lowest BCUT2D eigenvalue weighted by Gasteiger charge is -2.37. The number of methoxy groups -OCH3 is 1. The molecule has 2 aromatic carbocycles. The highest BCUT2D eigenvalue weighted by molar-refractivity contribution is 6.74. The van der Waals surface area contributed by atoms with Crippen LogP contribution >= 0.6 is 0 Å². The number of hydrogen-bond donors (Lipinski definition) is 2. The summed E-state index contributed by atoms with van der Waals surface area (Å²) in [6, 6.07) is 15.2. The highest BCUT2D eigenvalue weighted by atomic mass is 28.4. The molecular formula is C41H38F4N10O6Si. The summed E-state index contributed by atoms with van der Waals surface area (Å²) in [6.07, 6.45) is 4.58. The molecule has 6 aromatic heterocycles. The van der Waals surface area contributed by atoms with Crippen LogP contribution in [-0.2, 0) is 13.1 Å². The first-order valence-electron chi connectivity index (χ1n) is 18.7. The minimum atomic E-state index is -2.24. The highest BCUT2D eigenvalue weighted by Crippen LogP contribution is 2.39. The Kier molecular flexibility index (Phi) is 11.9. The van der Waals surface area contributed by atoms with Crippen molar-refractivity contribution in [2.24, 2.45) is 0 Å². The van der Waals surface area contributed by atoms with E-state index in [2.05, 4.69) is 74.3 Å². The Bertz CT molecular complexity index is 2870. The summed E-state index contributed by atoms with van der Waals surface area (Å²) in [5.74, 6) is -2.51. The van der Waals surface area contributed by atoms with E-state index in [0.717, 1.165) is 12.4 Å². The Morgan fingerprint density at radius 3 is 1.92 bits per heavy atom. The second-order valence-corrected chi connectivity index (χ2v) is 19.9. The van der Waals surface area contributed by atoms with Crippen LogP contribution in [0.1, 0.15) is 31.9 Å². The lowest BCUT2D eigenvalue weighted by atomic mass is 10.2. The van der Waals surface area contributed by atoms with Crippen LogP contribution in [-0.4, -0.2) is 70.3 Å². The minimum Gasteiger partial charge on any atom is -0.543 e. The number of phenolic OH excluding ortho intramolecular Hbond substituents is 1. The molecule has 6 heterocycles. The van der Waals surface area contributed by atoms with Crippen molar-refractivity contribution < 1.29 is 40.9 Å². The molecule has 0 atom stereocenters. The maximum atomic E-state index is 15.1. The smallest absolute Gasteiger partial charge is 0.287 e. The van der Waals surface area contributed by atoms with Gasteiger partial charge in [0.05, 0.1) is 49.5 Å². The van der Waals surface area contributed by atoms with E-state index in [9.17, 15) is 23.1 Å². The summed E-state index contributed by atoms with van der Waals surface area (Å²) in [6.45, 7) is 10.5. The van der Waals surface area contributed by atoms with Crippen LogP contribution in [0, 0.1) is 23.3 Å². The van der Waals surface area contributed by atoms with Gasteiger partial charge in [-0.15, -0.1) is 0 Å². The molecule has 0 aliphatic rings. The summed E-state index contributed by atoms with van der Waals surface area (Å²) < 4.78 is 80.5. The summed E-state index contributed by atoms with van der Waals surface area (Å²) in [5.41, 5.74) is 1.84. The molecule has 21 heteroatoms. The molecule has 8 rings (SSSR count). The topological polar surface area (TPSA) is 198 Å². The summed E-state index contributed by atoms with van der Waals surface area (Å²) in [7, 11) is -0.924. The maximum Gasteiger partial charge on any atom is 0.287 e. The van der Waals surface area contributed by atoms with Crippen molar-refractivity contribution in [1.29, 1.82) is 0 Å².